The molecular weight excluding hydrogens is 310 g/mol. The molecule has 126 valence electrons. The predicted molar refractivity (Wildman–Crippen MR) is 85.0 cm³/mol. The van der Waals surface area contributed by atoms with Gasteiger partial charge < -0.3 is 19.1 Å². The van der Waals surface area contributed by atoms with Crippen LogP contribution in [0.1, 0.15) is 29.1 Å². The Kier molecular flexibility index (Phi) is 3.59. The van der Waals surface area contributed by atoms with Crippen LogP contribution >= 0.6 is 0 Å². The second-order valence-corrected chi connectivity index (χ2v) is 6.15. The minimum atomic E-state index is -0.0542. The van der Waals surface area contributed by atoms with Crippen molar-refractivity contribution in [2.75, 3.05) is 25.1 Å². The second kappa shape index (κ2) is 5.77. The Morgan fingerprint density at radius 1 is 1.25 bits per heavy atom. The largest absolute Gasteiger partial charge is 0.481 e. The average Bonchev–Trinajstić information content (AvgIpc) is 3.30. The lowest BCUT2D eigenvalue weighted by molar-refractivity contribution is 0.0727. The van der Waals surface area contributed by atoms with E-state index in [4.69, 9.17) is 9.26 Å². The molecule has 0 aliphatic carbocycles. The van der Waals surface area contributed by atoms with Crippen LogP contribution in [0.3, 0.4) is 0 Å². The Balaban J connectivity index is 1.54. The number of carbonyl (C=O) groups is 1. The molecule has 2 aromatic rings. The lowest BCUT2D eigenvalue weighted by Crippen LogP contribution is -2.40. The van der Waals surface area contributed by atoms with Crippen molar-refractivity contribution >= 4 is 11.7 Å². The molecule has 0 spiro atoms. The van der Waals surface area contributed by atoms with Gasteiger partial charge >= 0.3 is 0 Å². The van der Waals surface area contributed by atoms with E-state index in [-0.39, 0.29) is 18.0 Å². The molecule has 8 nitrogen and oxygen atoms in total. The van der Waals surface area contributed by atoms with Crippen LogP contribution in [0.5, 0.6) is 5.88 Å². The Bertz CT molecular complexity index is 762. The van der Waals surface area contributed by atoms with Gasteiger partial charge in [-0.15, -0.1) is 0 Å². The van der Waals surface area contributed by atoms with Crippen molar-refractivity contribution in [1.82, 2.24) is 20.0 Å². The second-order valence-electron chi connectivity index (χ2n) is 6.15. The van der Waals surface area contributed by atoms with Crippen molar-refractivity contribution in [2.45, 2.75) is 31.8 Å². The molecule has 0 aromatic carbocycles. The molecule has 2 aliphatic rings. The van der Waals surface area contributed by atoms with Gasteiger partial charge in [0.25, 0.3) is 5.91 Å². The van der Waals surface area contributed by atoms with Crippen LogP contribution in [0, 0.1) is 6.92 Å². The highest BCUT2D eigenvalue weighted by Crippen LogP contribution is 2.35. The molecule has 2 aromatic heterocycles. The van der Waals surface area contributed by atoms with Crippen LogP contribution in [-0.4, -0.2) is 58.2 Å². The van der Waals surface area contributed by atoms with Crippen LogP contribution in [0.25, 0.3) is 0 Å². The first kappa shape index (κ1) is 14.9. The highest BCUT2D eigenvalue weighted by Gasteiger charge is 2.45. The quantitative estimate of drug-likeness (QED) is 0.838. The molecule has 2 atom stereocenters. The molecule has 0 N–H and O–H groups in total. The van der Waals surface area contributed by atoms with E-state index in [1.807, 2.05) is 11.0 Å². The smallest absolute Gasteiger partial charge is 0.276 e. The van der Waals surface area contributed by atoms with E-state index >= 15 is 0 Å². The van der Waals surface area contributed by atoms with E-state index in [9.17, 15) is 4.79 Å². The molecule has 8 heteroatoms. The van der Waals surface area contributed by atoms with Crippen LogP contribution in [0.2, 0.25) is 0 Å². The molecular formula is C16H19N5O3. The lowest BCUT2D eigenvalue weighted by Gasteiger charge is -2.25. The molecule has 2 aliphatic heterocycles. The van der Waals surface area contributed by atoms with Crippen molar-refractivity contribution in [2.24, 2.45) is 0 Å². The maximum atomic E-state index is 12.7. The van der Waals surface area contributed by atoms with Gasteiger partial charge in [-0.1, -0.05) is 5.16 Å². The third-order valence-corrected chi connectivity index (χ3v) is 4.82. The van der Waals surface area contributed by atoms with Crippen molar-refractivity contribution in [3.05, 3.63) is 29.9 Å². The lowest BCUT2D eigenvalue weighted by atomic mass is 10.1. The summed E-state index contributed by atoms with van der Waals surface area (Å²) in [6.45, 7) is 3.37. The van der Waals surface area contributed by atoms with Gasteiger partial charge in [-0.3, -0.25) is 4.79 Å². The first-order valence-corrected chi connectivity index (χ1v) is 8.04. The average molecular weight is 329 g/mol. The summed E-state index contributed by atoms with van der Waals surface area (Å²) in [5.41, 5.74) is 0.385. The van der Waals surface area contributed by atoms with Crippen LogP contribution in [-0.2, 0) is 0 Å². The van der Waals surface area contributed by atoms with Gasteiger partial charge in [-0.25, -0.2) is 9.97 Å². The van der Waals surface area contributed by atoms with Crippen molar-refractivity contribution < 1.29 is 14.1 Å². The number of rotatable bonds is 3. The first-order valence-electron chi connectivity index (χ1n) is 8.04. The highest BCUT2D eigenvalue weighted by molar-refractivity contribution is 5.92. The number of hydrogen-bond donors (Lipinski definition) is 0. The molecule has 0 bridgehead atoms. The van der Waals surface area contributed by atoms with Crippen LogP contribution < -0.4 is 9.64 Å². The Morgan fingerprint density at radius 2 is 2.08 bits per heavy atom. The molecule has 0 radical (unpaired) electrons. The van der Waals surface area contributed by atoms with Crippen LogP contribution in [0.4, 0.5) is 5.82 Å². The number of fused-ring (bicyclic) bond motifs is 1. The number of carbonyl (C=O) groups excluding carboxylic acids is 1. The zero-order valence-corrected chi connectivity index (χ0v) is 13.7. The van der Waals surface area contributed by atoms with Crippen molar-refractivity contribution in [3.63, 3.8) is 0 Å². The fourth-order valence-electron chi connectivity index (χ4n) is 3.74. The molecule has 2 fully saturated rings. The fourth-order valence-corrected chi connectivity index (χ4v) is 3.74. The number of hydrogen-bond acceptors (Lipinski definition) is 7. The van der Waals surface area contributed by atoms with E-state index in [0.29, 0.717) is 17.3 Å². The van der Waals surface area contributed by atoms with Gasteiger partial charge in [0, 0.05) is 25.2 Å². The van der Waals surface area contributed by atoms with Crippen molar-refractivity contribution in [1.29, 1.82) is 0 Å². The van der Waals surface area contributed by atoms with Gasteiger partial charge in [0.05, 0.1) is 19.2 Å². The Morgan fingerprint density at radius 3 is 2.83 bits per heavy atom. The summed E-state index contributed by atoms with van der Waals surface area (Å²) >= 11 is 0. The van der Waals surface area contributed by atoms with Crippen LogP contribution in [0.15, 0.2) is 23.0 Å². The zero-order chi connectivity index (χ0) is 16.7. The summed E-state index contributed by atoms with van der Waals surface area (Å²) in [5, 5.41) is 3.86. The minimum absolute atomic E-state index is 0.0542. The number of amides is 1. The molecule has 1 amide bonds. The first-order chi connectivity index (χ1) is 11.7. The number of nitrogens with zero attached hydrogens (tertiary/aromatic N) is 5. The summed E-state index contributed by atoms with van der Waals surface area (Å²) in [4.78, 5) is 25.3. The van der Waals surface area contributed by atoms with E-state index in [1.54, 1.807) is 20.1 Å². The van der Waals surface area contributed by atoms with E-state index in [1.165, 1.54) is 6.33 Å². The number of aryl methyl sites for hydroxylation is 1. The molecule has 2 saturated heterocycles. The van der Waals surface area contributed by atoms with Gasteiger partial charge in [-0.2, -0.15) is 0 Å². The predicted octanol–water partition coefficient (Wildman–Crippen LogP) is 1.28. The molecule has 24 heavy (non-hydrogen) atoms. The monoisotopic (exact) mass is 329 g/mol. The number of likely N-dealkylation sites (tertiary alicyclic amines) is 1. The molecule has 4 heterocycles. The molecule has 0 saturated carbocycles. The fraction of sp³-hybridized carbons (Fsp3) is 0.500. The normalized spacial score (nSPS) is 22.8. The zero-order valence-electron chi connectivity index (χ0n) is 13.7. The summed E-state index contributed by atoms with van der Waals surface area (Å²) < 4.78 is 10.2. The Labute approximate surface area is 139 Å². The SMILES string of the molecule is COc1cc(N2CC[C@H]3[C@H]2CCN3C(=O)c2cc(C)on2)ncn1. The van der Waals surface area contributed by atoms with Gasteiger partial charge in [-0.05, 0) is 19.8 Å². The van der Waals surface area contributed by atoms with Gasteiger partial charge in [0.15, 0.2) is 5.69 Å². The molecule has 4 rings (SSSR count). The summed E-state index contributed by atoms with van der Waals surface area (Å²) in [7, 11) is 1.59. The van der Waals surface area contributed by atoms with Gasteiger partial charge in [0.1, 0.15) is 17.9 Å². The minimum Gasteiger partial charge on any atom is -0.481 e. The van der Waals surface area contributed by atoms with E-state index in [0.717, 1.165) is 31.7 Å². The maximum absolute atomic E-state index is 12.7. The van der Waals surface area contributed by atoms with Gasteiger partial charge in [0.2, 0.25) is 5.88 Å². The number of anilines is 1. The summed E-state index contributed by atoms with van der Waals surface area (Å²) in [6.07, 6.45) is 3.34. The molecule has 0 unspecified atom stereocenters. The van der Waals surface area contributed by atoms with E-state index in [2.05, 4.69) is 20.0 Å². The van der Waals surface area contributed by atoms with E-state index < -0.39 is 0 Å². The number of ether oxygens (including phenoxy) is 1. The van der Waals surface area contributed by atoms with Crippen molar-refractivity contribution in [3.8, 4) is 5.88 Å². The Hall–Kier alpha value is -2.64. The summed E-state index contributed by atoms with van der Waals surface area (Å²) in [5.74, 6) is 1.99. The highest BCUT2D eigenvalue weighted by atomic mass is 16.5. The maximum Gasteiger partial charge on any atom is 0.276 e. The third kappa shape index (κ3) is 2.38. The number of aromatic nitrogens is 3. The summed E-state index contributed by atoms with van der Waals surface area (Å²) in [6, 6.07) is 3.97. The number of methoxy groups -OCH3 is 1. The third-order valence-electron chi connectivity index (χ3n) is 4.82. The standard InChI is InChI=1S/C16H19N5O3/c1-10-7-11(19-24-10)16(22)21-6-4-12-13(21)3-5-20(12)14-8-15(23-2)18-9-17-14/h7-9,12-13H,3-6H2,1-2H3/t12-,13+/m1/s1. The topological polar surface area (TPSA) is 84.6 Å².